The van der Waals surface area contributed by atoms with E-state index in [4.69, 9.17) is 16.6 Å². The molecule has 1 aromatic heterocycles. The van der Waals surface area contributed by atoms with E-state index in [1.807, 2.05) is 45.0 Å². The Hall–Kier alpha value is -1.70. The second kappa shape index (κ2) is 9.20. The number of benzene rings is 1. The van der Waals surface area contributed by atoms with Crippen LogP contribution in [0.15, 0.2) is 24.3 Å². The molecule has 0 atom stereocenters. The zero-order valence-electron chi connectivity index (χ0n) is 16.7. The molecule has 2 heterocycles. The Morgan fingerprint density at radius 1 is 1.18 bits per heavy atom. The number of nitrogens with one attached hydrogen (secondary N) is 1. The number of piperazine rings is 1. The Morgan fingerprint density at radius 3 is 2.50 bits per heavy atom. The summed E-state index contributed by atoms with van der Waals surface area (Å²) in [7, 11) is 0. The fraction of sp³-hybridized carbons (Fsp3) is 0.550. The summed E-state index contributed by atoms with van der Waals surface area (Å²) in [6.45, 7) is 11.2. The van der Waals surface area contributed by atoms with E-state index in [0.717, 1.165) is 60.7 Å². The SMILES string of the molecule is CC(C)(C)C(=O)NCCN1CCN(c2nc(Cc3ccc(Cl)cc3)ns2)CC1. The number of anilines is 1. The molecule has 1 aliphatic heterocycles. The number of rotatable bonds is 6. The lowest BCUT2D eigenvalue weighted by atomic mass is 9.96. The Balaban J connectivity index is 1.43. The first-order valence-corrected chi connectivity index (χ1v) is 10.8. The minimum absolute atomic E-state index is 0.105. The lowest BCUT2D eigenvalue weighted by Gasteiger charge is -2.34. The van der Waals surface area contributed by atoms with E-state index in [0.29, 0.717) is 6.54 Å². The van der Waals surface area contributed by atoms with Crippen molar-refractivity contribution in [3.8, 4) is 0 Å². The Kier molecular flexibility index (Phi) is 6.91. The number of aromatic nitrogens is 2. The predicted molar refractivity (Wildman–Crippen MR) is 115 cm³/mol. The molecule has 1 amide bonds. The van der Waals surface area contributed by atoms with E-state index in [9.17, 15) is 4.79 Å². The van der Waals surface area contributed by atoms with Crippen LogP contribution in [0.5, 0.6) is 0 Å². The van der Waals surface area contributed by atoms with Crippen LogP contribution in [0.4, 0.5) is 5.13 Å². The lowest BCUT2D eigenvalue weighted by Crippen LogP contribution is -2.49. The van der Waals surface area contributed by atoms with Crippen LogP contribution in [0.25, 0.3) is 0 Å². The first-order valence-electron chi connectivity index (χ1n) is 9.64. The van der Waals surface area contributed by atoms with Crippen LogP contribution >= 0.6 is 23.1 Å². The van der Waals surface area contributed by atoms with Gasteiger partial charge in [0.15, 0.2) is 0 Å². The number of hydrogen-bond acceptors (Lipinski definition) is 6. The lowest BCUT2D eigenvalue weighted by molar-refractivity contribution is -0.128. The van der Waals surface area contributed by atoms with E-state index >= 15 is 0 Å². The summed E-state index contributed by atoms with van der Waals surface area (Å²) in [5.41, 5.74) is 0.830. The fourth-order valence-corrected chi connectivity index (χ4v) is 3.85. The zero-order valence-corrected chi connectivity index (χ0v) is 18.3. The summed E-state index contributed by atoms with van der Waals surface area (Å²) in [4.78, 5) is 21.3. The molecule has 2 aromatic rings. The highest BCUT2D eigenvalue weighted by Crippen LogP contribution is 2.21. The maximum atomic E-state index is 11.9. The summed E-state index contributed by atoms with van der Waals surface area (Å²) in [6, 6.07) is 7.82. The van der Waals surface area contributed by atoms with Gasteiger partial charge in [-0.1, -0.05) is 44.5 Å². The van der Waals surface area contributed by atoms with Gasteiger partial charge in [-0.15, -0.1) is 0 Å². The van der Waals surface area contributed by atoms with Crippen molar-refractivity contribution in [1.82, 2.24) is 19.6 Å². The number of nitrogens with zero attached hydrogens (tertiary/aromatic N) is 4. The highest BCUT2D eigenvalue weighted by atomic mass is 35.5. The molecule has 1 aliphatic rings. The summed E-state index contributed by atoms with van der Waals surface area (Å²) < 4.78 is 4.51. The predicted octanol–water partition coefficient (Wildman–Crippen LogP) is 3.07. The molecule has 0 radical (unpaired) electrons. The van der Waals surface area contributed by atoms with Gasteiger partial charge in [-0.05, 0) is 17.7 Å². The smallest absolute Gasteiger partial charge is 0.225 e. The van der Waals surface area contributed by atoms with Gasteiger partial charge in [-0.3, -0.25) is 9.69 Å². The average molecular weight is 422 g/mol. The van der Waals surface area contributed by atoms with Crippen molar-refractivity contribution in [2.24, 2.45) is 5.41 Å². The first-order chi connectivity index (χ1) is 13.3. The molecule has 8 heteroatoms. The first kappa shape index (κ1) is 21.0. The third-order valence-electron chi connectivity index (χ3n) is 4.77. The molecular weight excluding hydrogens is 394 g/mol. The van der Waals surface area contributed by atoms with E-state index in [2.05, 4.69) is 19.5 Å². The normalized spacial score (nSPS) is 15.6. The van der Waals surface area contributed by atoms with Gasteiger partial charge in [0.25, 0.3) is 0 Å². The molecule has 0 saturated carbocycles. The molecular formula is C20H28ClN5OS. The van der Waals surface area contributed by atoms with Crippen LogP contribution in [-0.2, 0) is 11.2 Å². The van der Waals surface area contributed by atoms with E-state index in [-0.39, 0.29) is 11.3 Å². The van der Waals surface area contributed by atoms with Crippen molar-refractivity contribution < 1.29 is 4.79 Å². The van der Waals surface area contributed by atoms with Gasteiger partial charge in [-0.2, -0.15) is 4.37 Å². The van der Waals surface area contributed by atoms with Crippen LogP contribution in [0, 0.1) is 5.41 Å². The topological polar surface area (TPSA) is 61.4 Å². The number of carbonyl (C=O) groups excluding carboxylic acids is 1. The molecule has 0 aliphatic carbocycles. The summed E-state index contributed by atoms with van der Waals surface area (Å²) in [5.74, 6) is 0.961. The minimum atomic E-state index is -0.333. The highest BCUT2D eigenvalue weighted by Gasteiger charge is 2.22. The van der Waals surface area contributed by atoms with Gasteiger partial charge < -0.3 is 10.2 Å². The van der Waals surface area contributed by atoms with E-state index in [1.165, 1.54) is 11.5 Å². The van der Waals surface area contributed by atoms with Gasteiger partial charge in [0.2, 0.25) is 11.0 Å². The van der Waals surface area contributed by atoms with Gasteiger partial charge in [-0.25, -0.2) is 4.98 Å². The second-order valence-electron chi connectivity index (χ2n) is 8.13. The van der Waals surface area contributed by atoms with Crippen LogP contribution in [0.1, 0.15) is 32.2 Å². The van der Waals surface area contributed by atoms with Crippen LogP contribution < -0.4 is 10.2 Å². The number of carbonyl (C=O) groups is 1. The van der Waals surface area contributed by atoms with Gasteiger partial charge in [0.1, 0.15) is 5.82 Å². The van der Waals surface area contributed by atoms with E-state index < -0.39 is 0 Å². The van der Waals surface area contributed by atoms with Crippen molar-refractivity contribution >= 4 is 34.2 Å². The van der Waals surface area contributed by atoms with Crippen molar-refractivity contribution in [1.29, 1.82) is 0 Å². The van der Waals surface area contributed by atoms with E-state index in [1.54, 1.807) is 0 Å². The molecule has 1 fully saturated rings. The van der Waals surface area contributed by atoms with Gasteiger partial charge >= 0.3 is 0 Å². The molecule has 152 valence electrons. The van der Waals surface area contributed by atoms with Gasteiger partial charge in [0.05, 0.1) is 0 Å². The van der Waals surface area contributed by atoms with Gasteiger partial charge in [0, 0.05) is 67.7 Å². The van der Waals surface area contributed by atoms with Crippen LogP contribution in [-0.4, -0.2) is 59.4 Å². The minimum Gasteiger partial charge on any atom is -0.354 e. The van der Waals surface area contributed by atoms with Crippen LogP contribution in [0.2, 0.25) is 5.02 Å². The maximum absolute atomic E-state index is 11.9. The molecule has 28 heavy (non-hydrogen) atoms. The summed E-state index contributed by atoms with van der Waals surface area (Å²) in [5, 5.41) is 4.75. The molecule has 0 spiro atoms. The monoisotopic (exact) mass is 421 g/mol. The Labute approximate surface area is 176 Å². The molecule has 0 bridgehead atoms. The quantitative estimate of drug-likeness (QED) is 0.776. The molecule has 3 rings (SSSR count). The third kappa shape index (κ3) is 5.90. The summed E-state index contributed by atoms with van der Waals surface area (Å²) >= 11 is 7.41. The van der Waals surface area contributed by atoms with Crippen molar-refractivity contribution in [2.75, 3.05) is 44.2 Å². The fourth-order valence-electron chi connectivity index (χ4n) is 2.99. The molecule has 1 saturated heterocycles. The maximum Gasteiger partial charge on any atom is 0.225 e. The largest absolute Gasteiger partial charge is 0.354 e. The summed E-state index contributed by atoms with van der Waals surface area (Å²) in [6.07, 6.45) is 0.723. The molecule has 0 unspecified atom stereocenters. The second-order valence-corrected chi connectivity index (χ2v) is 9.30. The van der Waals surface area contributed by atoms with Crippen LogP contribution in [0.3, 0.4) is 0 Å². The molecule has 1 aromatic carbocycles. The zero-order chi connectivity index (χ0) is 20.1. The van der Waals surface area contributed by atoms with Crippen molar-refractivity contribution in [3.63, 3.8) is 0 Å². The highest BCUT2D eigenvalue weighted by molar-refractivity contribution is 7.09. The third-order valence-corrected chi connectivity index (χ3v) is 5.84. The average Bonchev–Trinajstić information content (AvgIpc) is 3.12. The Morgan fingerprint density at radius 2 is 1.86 bits per heavy atom. The number of hydrogen-bond donors (Lipinski definition) is 1. The standard InChI is InChI=1S/C20H28ClN5OS/c1-20(2,3)18(27)22-8-9-25-10-12-26(13-11-25)19-23-17(24-28-19)14-15-4-6-16(21)7-5-15/h4-7H,8-14H2,1-3H3,(H,22,27). The van der Waals surface area contributed by atoms with Crippen molar-refractivity contribution in [2.45, 2.75) is 27.2 Å². The molecule has 6 nitrogen and oxygen atoms in total. The number of amides is 1. The van der Waals surface area contributed by atoms with Crippen molar-refractivity contribution in [3.05, 3.63) is 40.7 Å². The molecule has 1 N–H and O–H groups in total. The Bertz CT molecular complexity index is 779. The number of halogens is 1.